The number of hydrogen-bond acceptors (Lipinski definition) is 3. The Morgan fingerprint density at radius 1 is 1.26 bits per heavy atom. The predicted molar refractivity (Wildman–Crippen MR) is 88.6 cm³/mol. The molecule has 0 radical (unpaired) electrons. The molecule has 1 aromatic carbocycles. The zero-order chi connectivity index (χ0) is 16.8. The number of benzene rings is 1. The third kappa shape index (κ3) is 3.23. The monoisotopic (exact) mass is 335 g/mol. The standard InChI is InChI=1S/C18H22ClNO3/c1-18(2,3)23-17(22)20-15-8-4-11-10-12(19)5-6-13(11)14(15)7-9-16(20)21/h5-6,10,14-15H,4,7-9H2,1-3H3. The molecule has 0 bridgehead atoms. The van der Waals surface area contributed by atoms with Crippen molar-refractivity contribution in [2.75, 3.05) is 0 Å². The van der Waals surface area contributed by atoms with Gasteiger partial charge in [0.25, 0.3) is 0 Å². The van der Waals surface area contributed by atoms with Gasteiger partial charge in [0.05, 0.1) is 6.04 Å². The molecule has 1 aromatic rings. The van der Waals surface area contributed by atoms with Gasteiger partial charge in [-0.1, -0.05) is 17.7 Å². The van der Waals surface area contributed by atoms with E-state index < -0.39 is 11.7 Å². The highest BCUT2D eigenvalue weighted by atomic mass is 35.5. The normalized spacial score (nSPS) is 24.0. The zero-order valence-corrected chi connectivity index (χ0v) is 14.5. The van der Waals surface area contributed by atoms with Crippen molar-refractivity contribution >= 4 is 23.6 Å². The van der Waals surface area contributed by atoms with E-state index >= 15 is 0 Å². The number of piperidine rings is 1. The number of carbonyl (C=O) groups excluding carboxylic acids is 2. The molecule has 1 saturated heterocycles. The summed E-state index contributed by atoms with van der Waals surface area (Å²) in [5.74, 6) is 0.0548. The van der Waals surface area contributed by atoms with Crippen LogP contribution in [0.2, 0.25) is 5.02 Å². The maximum Gasteiger partial charge on any atom is 0.417 e. The van der Waals surface area contributed by atoms with E-state index in [2.05, 4.69) is 0 Å². The summed E-state index contributed by atoms with van der Waals surface area (Å²) < 4.78 is 5.45. The molecule has 1 fully saturated rings. The number of halogens is 1. The van der Waals surface area contributed by atoms with E-state index in [0.717, 1.165) is 24.3 Å². The number of aryl methyl sites for hydroxylation is 1. The first kappa shape index (κ1) is 16.3. The Hall–Kier alpha value is -1.55. The summed E-state index contributed by atoms with van der Waals surface area (Å²) in [4.78, 5) is 26.2. The third-order valence-corrected chi connectivity index (χ3v) is 4.77. The average Bonchev–Trinajstić information content (AvgIpc) is 2.44. The number of fused-ring (bicyclic) bond motifs is 3. The molecule has 0 saturated carbocycles. The van der Waals surface area contributed by atoms with Gasteiger partial charge >= 0.3 is 6.09 Å². The van der Waals surface area contributed by atoms with Crippen molar-refractivity contribution in [1.82, 2.24) is 4.90 Å². The van der Waals surface area contributed by atoms with Crippen molar-refractivity contribution in [1.29, 1.82) is 0 Å². The van der Waals surface area contributed by atoms with Crippen LogP contribution >= 0.6 is 11.6 Å². The van der Waals surface area contributed by atoms with Crippen molar-refractivity contribution in [3.05, 3.63) is 34.3 Å². The van der Waals surface area contributed by atoms with Gasteiger partial charge in [-0.05, 0) is 63.3 Å². The fourth-order valence-corrected chi connectivity index (χ4v) is 3.85. The van der Waals surface area contributed by atoms with Gasteiger partial charge in [0.2, 0.25) is 5.91 Å². The first-order chi connectivity index (χ1) is 10.8. The zero-order valence-electron chi connectivity index (χ0n) is 13.8. The van der Waals surface area contributed by atoms with Crippen molar-refractivity contribution in [3.8, 4) is 0 Å². The van der Waals surface area contributed by atoms with E-state index in [1.165, 1.54) is 16.0 Å². The maximum absolute atomic E-state index is 12.5. The Morgan fingerprint density at radius 3 is 2.70 bits per heavy atom. The van der Waals surface area contributed by atoms with Gasteiger partial charge in [0, 0.05) is 17.4 Å². The summed E-state index contributed by atoms with van der Waals surface area (Å²) in [6.07, 6.45) is 2.22. The van der Waals surface area contributed by atoms with Gasteiger partial charge in [0.15, 0.2) is 0 Å². The molecular formula is C18H22ClNO3. The fourth-order valence-electron chi connectivity index (χ4n) is 3.65. The highest BCUT2D eigenvalue weighted by molar-refractivity contribution is 6.30. The molecule has 2 atom stereocenters. The van der Waals surface area contributed by atoms with Crippen LogP contribution < -0.4 is 0 Å². The molecule has 2 amide bonds. The van der Waals surface area contributed by atoms with E-state index in [-0.39, 0.29) is 17.9 Å². The number of rotatable bonds is 0. The average molecular weight is 336 g/mol. The Labute approximate surface area is 141 Å². The smallest absolute Gasteiger partial charge is 0.417 e. The minimum Gasteiger partial charge on any atom is -0.443 e. The molecule has 4 nitrogen and oxygen atoms in total. The van der Waals surface area contributed by atoms with Gasteiger partial charge < -0.3 is 4.74 Å². The van der Waals surface area contributed by atoms with E-state index in [1.807, 2.05) is 39.0 Å². The number of imide groups is 1. The second kappa shape index (κ2) is 5.82. The third-order valence-electron chi connectivity index (χ3n) is 4.54. The second-order valence-corrected chi connectivity index (χ2v) is 7.77. The summed E-state index contributed by atoms with van der Waals surface area (Å²) >= 11 is 6.09. The van der Waals surface area contributed by atoms with Crippen LogP contribution in [0.1, 0.15) is 57.1 Å². The number of hydrogen-bond donors (Lipinski definition) is 0. The van der Waals surface area contributed by atoms with Gasteiger partial charge in [-0.3, -0.25) is 4.79 Å². The van der Waals surface area contributed by atoms with Gasteiger partial charge in [-0.2, -0.15) is 0 Å². The molecule has 2 aliphatic rings. The van der Waals surface area contributed by atoms with Crippen LogP contribution in [0.15, 0.2) is 18.2 Å². The largest absolute Gasteiger partial charge is 0.443 e. The van der Waals surface area contributed by atoms with Crippen LogP contribution in [-0.2, 0) is 16.0 Å². The molecule has 0 spiro atoms. The lowest BCUT2D eigenvalue weighted by atomic mass is 9.74. The van der Waals surface area contributed by atoms with E-state index in [9.17, 15) is 9.59 Å². The SMILES string of the molecule is CC(C)(C)OC(=O)N1C(=O)CCC2c3ccc(Cl)cc3CCC21. The van der Waals surface area contributed by atoms with Crippen LogP contribution in [0.3, 0.4) is 0 Å². The Bertz CT molecular complexity index is 650. The number of ether oxygens (including phenoxy) is 1. The van der Waals surface area contributed by atoms with Gasteiger partial charge in [0.1, 0.15) is 5.60 Å². The highest BCUT2D eigenvalue weighted by Gasteiger charge is 2.44. The minimum atomic E-state index is -0.607. The Kier molecular flexibility index (Phi) is 4.13. The molecule has 0 N–H and O–H groups in total. The van der Waals surface area contributed by atoms with E-state index in [1.54, 1.807) is 0 Å². The Morgan fingerprint density at radius 2 is 2.00 bits per heavy atom. The second-order valence-electron chi connectivity index (χ2n) is 7.34. The van der Waals surface area contributed by atoms with Crippen molar-refractivity contribution in [3.63, 3.8) is 0 Å². The van der Waals surface area contributed by atoms with Gasteiger partial charge in [-0.25, -0.2) is 9.69 Å². The van der Waals surface area contributed by atoms with Crippen LogP contribution in [0.25, 0.3) is 0 Å². The molecule has 3 rings (SSSR count). The quantitative estimate of drug-likeness (QED) is 0.710. The molecule has 2 unspecified atom stereocenters. The van der Waals surface area contributed by atoms with E-state index in [4.69, 9.17) is 16.3 Å². The topological polar surface area (TPSA) is 46.6 Å². The summed E-state index contributed by atoms with van der Waals surface area (Å²) in [5.41, 5.74) is 1.84. The van der Waals surface area contributed by atoms with Crippen molar-refractivity contribution in [2.45, 2.75) is 64.0 Å². The highest BCUT2D eigenvalue weighted by Crippen LogP contribution is 2.42. The summed E-state index contributed by atoms with van der Waals surface area (Å²) in [5, 5.41) is 0.734. The summed E-state index contributed by atoms with van der Waals surface area (Å²) in [6, 6.07) is 5.82. The lowest BCUT2D eigenvalue weighted by Crippen LogP contribution is -2.53. The molecule has 1 heterocycles. The first-order valence-corrected chi connectivity index (χ1v) is 8.47. The fraction of sp³-hybridized carbons (Fsp3) is 0.556. The summed E-state index contributed by atoms with van der Waals surface area (Å²) in [7, 11) is 0. The lowest BCUT2D eigenvalue weighted by Gasteiger charge is -2.43. The Balaban J connectivity index is 1.90. The molecule has 23 heavy (non-hydrogen) atoms. The van der Waals surface area contributed by atoms with Crippen molar-refractivity contribution in [2.24, 2.45) is 0 Å². The van der Waals surface area contributed by atoms with Crippen LogP contribution in [0.4, 0.5) is 4.79 Å². The number of likely N-dealkylation sites (tertiary alicyclic amines) is 1. The lowest BCUT2D eigenvalue weighted by molar-refractivity contribution is -0.136. The molecule has 124 valence electrons. The molecule has 1 aliphatic heterocycles. The van der Waals surface area contributed by atoms with Crippen LogP contribution in [0.5, 0.6) is 0 Å². The minimum absolute atomic E-state index is 0.111. The maximum atomic E-state index is 12.5. The van der Waals surface area contributed by atoms with E-state index in [0.29, 0.717) is 6.42 Å². The number of nitrogens with zero attached hydrogens (tertiary/aromatic N) is 1. The number of amides is 2. The van der Waals surface area contributed by atoms with Gasteiger partial charge in [-0.15, -0.1) is 0 Å². The molecular weight excluding hydrogens is 314 g/mol. The first-order valence-electron chi connectivity index (χ1n) is 8.09. The molecule has 0 aromatic heterocycles. The predicted octanol–water partition coefficient (Wildman–Crippen LogP) is 4.30. The molecule has 5 heteroatoms. The number of carbonyl (C=O) groups is 2. The molecule has 1 aliphatic carbocycles. The van der Waals surface area contributed by atoms with Crippen LogP contribution in [0, 0.1) is 0 Å². The summed E-state index contributed by atoms with van der Waals surface area (Å²) in [6.45, 7) is 5.44. The van der Waals surface area contributed by atoms with Crippen molar-refractivity contribution < 1.29 is 14.3 Å². The van der Waals surface area contributed by atoms with Crippen LogP contribution in [-0.4, -0.2) is 28.5 Å².